The Kier molecular flexibility index (Phi) is 6.51. The van der Waals surface area contributed by atoms with Gasteiger partial charge in [0.2, 0.25) is 0 Å². The zero-order chi connectivity index (χ0) is 23.3. The van der Waals surface area contributed by atoms with Crippen molar-refractivity contribution in [1.82, 2.24) is 9.97 Å². The second-order valence-corrected chi connectivity index (χ2v) is 8.92. The number of nitrogens with one attached hydrogen (secondary N) is 2. The lowest BCUT2D eigenvalue weighted by Crippen LogP contribution is -2.36. The summed E-state index contributed by atoms with van der Waals surface area (Å²) in [5.74, 6) is 2.20. The molecule has 172 valence electrons. The molecule has 1 aliphatic heterocycles. The summed E-state index contributed by atoms with van der Waals surface area (Å²) in [6.07, 6.45) is 0. The Morgan fingerprint density at radius 1 is 0.971 bits per heavy atom. The summed E-state index contributed by atoms with van der Waals surface area (Å²) in [5.41, 5.74) is 3.34. The normalized spacial score (nSPS) is 13.5. The number of carbonyl (C=O) groups excluding carboxylic acids is 1. The Morgan fingerprint density at radius 2 is 1.71 bits per heavy atom. The Hall–Kier alpha value is -3.75. The van der Waals surface area contributed by atoms with E-state index in [1.54, 1.807) is 11.3 Å². The average Bonchev–Trinajstić information content (AvgIpc) is 3.41. The highest BCUT2D eigenvalue weighted by molar-refractivity contribution is 7.13. The van der Waals surface area contributed by atoms with Gasteiger partial charge in [0.25, 0.3) is 5.91 Å². The minimum absolute atomic E-state index is 0.139. The monoisotopic (exact) mass is 471 g/mol. The topological polar surface area (TPSA) is 79.4 Å². The standard InChI is InChI=1S/C26H25N5O2S/c1-18-27-24(17-25(28-18)31-12-14-33-15-13-31)29-21-8-10-22(11-9-21)30-26(32)20-6-4-19(5-7-20)23-3-2-16-34-23/h2-11,16-17H,12-15H2,1H3,(H,30,32)(H,27,28,29). The molecule has 1 aliphatic rings. The van der Waals surface area contributed by atoms with Crippen molar-refractivity contribution in [2.24, 2.45) is 0 Å². The molecule has 1 fully saturated rings. The van der Waals surface area contributed by atoms with Crippen molar-refractivity contribution >= 4 is 40.3 Å². The van der Waals surface area contributed by atoms with E-state index in [0.717, 1.165) is 41.7 Å². The van der Waals surface area contributed by atoms with Crippen molar-refractivity contribution in [3.63, 3.8) is 0 Å². The zero-order valence-corrected chi connectivity index (χ0v) is 19.6. The van der Waals surface area contributed by atoms with E-state index in [9.17, 15) is 4.79 Å². The number of hydrogen-bond acceptors (Lipinski definition) is 7. The molecule has 0 unspecified atom stereocenters. The molecule has 1 amide bonds. The quantitative estimate of drug-likeness (QED) is 0.395. The number of carbonyl (C=O) groups is 1. The number of nitrogens with zero attached hydrogens (tertiary/aromatic N) is 3. The zero-order valence-electron chi connectivity index (χ0n) is 18.8. The van der Waals surface area contributed by atoms with Crippen LogP contribution in [0.15, 0.2) is 72.1 Å². The van der Waals surface area contributed by atoms with E-state index < -0.39 is 0 Å². The largest absolute Gasteiger partial charge is 0.378 e. The molecule has 0 saturated carbocycles. The smallest absolute Gasteiger partial charge is 0.255 e. The predicted molar refractivity (Wildman–Crippen MR) is 137 cm³/mol. The number of morpholine rings is 1. The SMILES string of the molecule is Cc1nc(Nc2ccc(NC(=O)c3ccc(-c4cccs4)cc3)cc2)cc(N2CCOCC2)n1. The lowest BCUT2D eigenvalue weighted by Gasteiger charge is -2.28. The van der Waals surface area contributed by atoms with Crippen molar-refractivity contribution in [1.29, 1.82) is 0 Å². The summed E-state index contributed by atoms with van der Waals surface area (Å²) < 4.78 is 5.43. The van der Waals surface area contributed by atoms with Gasteiger partial charge in [0.15, 0.2) is 0 Å². The highest BCUT2D eigenvalue weighted by Crippen LogP contribution is 2.25. The van der Waals surface area contributed by atoms with Gasteiger partial charge in [0, 0.05) is 41.0 Å². The van der Waals surface area contributed by atoms with Crippen LogP contribution >= 0.6 is 11.3 Å². The van der Waals surface area contributed by atoms with Gasteiger partial charge >= 0.3 is 0 Å². The fourth-order valence-corrected chi connectivity index (χ4v) is 4.52. The summed E-state index contributed by atoms with van der Waals surface area (Å²) in [4.78, 5) is 25.1. The van der Waals surface area contributed by atoms with Crippen LogP contribution in [0.2, 0.25) is 0 Å². The molecule has 8 heteroatoms. The number of aromatic nitrogens is 2. The summed E-state index contributed by atoms with van der Waals surface area (Å²) in [7, 11) is 0. The maximum absolute atomic E-state index is 12.7. The Labute approximate surface area is 202 Å². The predicted octanol–water partition coefficient (Wildman–Crippen LogP) is 5.35. The van der Waals surface area contributed by atoms with Crippen LogP contribution in [0.1, 0.15) is 16.2 Å². The van der Waals surface area contributed by atoms with Gasteiger partial charge in [-0.2, -0.15) is 0 Å². The number of aryl methyl sites for hydroxylation is 1. The van der Waals surface area contributed by atoms with Gasteiger partial charge in [-0.25, -0.2) is 9.97 Å². The molecule has 4 aromatic rings. The van der Waals surface area contributed by atoms with E-state index in [1.165, 1.54) is 4.88 Å². The highest BCUT2D eigenvalue weighted by atomic mass is 32.1. The first-order chi connectivity index (χ1) is 16.6. The van der Waals surface area contributed by atoms with E-state index in [1.807, 2.05) is 73.0 Å². The lowest BCUT2D eigenvalue weighted by molar-refractivity contribution is 0.102. The summed E-state index contributed by atoms with van der Waals surface area (Å²) in [6.45, 7) is 4.94. The molecule has 2 N–H and O–H groups in total. The number of anilines is 4. The van der Waals surface area contributed by atoms with Crippen LogP contribution < -0.4 is 15.5 Å². The molecule has 0 aliphatic carbocycles. The van der Waals surface area contributed by atoms with Crippen LogP contribution in [-0.4, -0.2) is 42.2 Å². The molecule has 5 rings (SSSR count). The molecule has 3 heterocycles. The number of ether oxygens (including phenoxy) is 1. The van der Waals surface area contributed by atoms with Gasteiger partial charge in [-0.3, -0.25) is 4.79 Å². The van der Waals surface area contributed by atoms with Crippen LogP contribution in [0, 0.1) is 6.92 Å². The maximum Gasteiger partial charge on any atom is 0.255 e. The number of rotatable bonds is 6. The third-order valence-electron chi connectivity index (χ3n) is 5.53. The van der Waals surface area contributed by atoms with Crippen molar-refractivity contribution in [2.75, 3.05) is 41.8 Å². The second-order valence-electron chi connectivity index (χ2n) is 7.97. The molecule has 1 saturated heterocycles. The van der Waals surface area contributed by atoms with Gasteiger partial charge in [0.1, 0.15) is 17.5 Å². The summed E-state index contributed by atoms with van der Waals surface area (Å²) in [6, 6.07) is 21.3. The van der Waals surface area contributed by atoms with E-state index in [-0.39, 0.29) is 5.91 Å². The maximum atomic E-state index is 12.7. The molecule has 2 aromatic heterocycles. The van der Waals surface area contributed by atoms with E-state index >= 15 is 0 Å². The second kappa shape index (κ2) is 10.0. The first-order valence-electron chi connectivity index (χ1n) is 11.1. The molecule has 7 nitrogen and oxygen atoms in total. The van der Waals surface area contributed by atoms with Crippen molar-refractivity contribution in [3.8, 4) is 10.4 Å². The first kappa shape index (κ1) is 22.1. The fraction of sp³-hybridized carbons (Fsp3) is 0.192. The number of thiophene rings is 1. The van der Waals surface area contributed by atoms with E-state index in [0.29, 0.717) is 24.6 Å². The number of hydrogen-bond donors (Lipinski definition) is 2. The summed E-state index contributed by atoms with van der Waals surface area (Å²) >= 11 is 1.68. The van der Waals surface area contributed by atoms with E-state index in [2.05, 4.69) is 31.6 Å². The van der Waals surface area contributed by atoms with Crippen LogP contribution in [0.5, 0.6) is 0 Å². The average molecular weight is 472 g/mol. The van der Waals surface area contributed by atoms with Crippen LogP contribution in [0.25, 0.3) is 10.4 Å². The number of amides is 1. The van der Waals surface area contributed by atoms with Crippen molar-refractivity contribution in [2.45, 2.75) is 6.92 Å². The van der Waals surface area contributed by atoms with Crippen LogP contribution in [-0.2, 0) is 4.74 Å². The lowest BCUT2D eigenvalue weighted by atomic mass is 10.1. The Bertz CT molecular complexity index is 1250. The van der Waals surface area contributed by atoms with Gasteiger partial charge in [-0.05, 0) is 60.3 Å². The van der Waals surface area contributed by atoms with E-state index in [4.69, 9.17) is 4.74 Å². The molecule has 0 bridgehead atoms. The van der Waals surface area contributed by atoms with Crippen LogP contribution in [0.4, 0.5) is 23.0 Å². The molecular formula is C26H25N5O2S. The Balaban J connectivity index is 1.22. The molecular weight excluding hydrogens is 446 g/mol. The minimum atomic E-state index is -0.139. The minimum Gasteiger partial charge on any atom is -0.378 e. The molecule has 0 spiro atoms. The summed E-state index contributed by atoms with van der Waals surface area (Å²) in [5, 5.41) is 8.34. The molecule has 0 atom stereocenters. The Morgan fingerprint density at radius 3 is 2.41 bits per heavy atom. The van der Waals surface area contributed by atoms with Gasteiger partial charge < -0.3 is 20.3 Å². The molecule has 2 aromatic carbocycles. The molecule has 34 heavy (non-hydrogen) atoms. The van der Waals surface area contributed by atoms with Gasteiger partial charge in [0.05, 0.1) is 13.2 Å². The highest BCUT2D eigenvalue weighted by Gasteiger charge is 2.14. The van der Waals surface area contributed by atoms with Crippen LogP contribution in [0.3, 0.4) is 0 Å². The fourth-order valence-electron chi connectivity index (χ4n) is 3.79. The van der Waals surface area contributed by atoms with Crippen molar-refractivity contribution in [3.05, 3.63) is 83.5 Å². The molecule has 0 radical (unpaired) electrons. The first-order valence-corrected chi connectivity index (χ1v) is 12.0. The number of benzene rings is 2. The van der Waals surface area contributed by atoms with Crippen molar-refractivity contribution < 1.29 is 9.53 Å². The van der Waals surface area contributed by atoms with Gasteiger partial charge in [-0.15, -0.1) is 11.3 Å². The van der Waals surface area contributed by atoms with Gasteiger partial charge in [-0.1, -0.05) is 18.2 Å². The third kappa shape index (κ3) is 5.24. The third-order valence-corrected chi connectivity index (χ3v) is 6.45.